The molecule has 31 heavy (non-hydrogen) atoms. The van der Waals surface area contributed by atoms with Crippen LogP contribution in [0.2, 0.25) is 0 Å². The maximum absolute atomic E-state index is 13.7. The zero-order valence-electron chi connectivity index (χ0n) is 17.4. The number of nitrogens with zero attached hydrogens (tertiary/aromatic N) is 1. The van der Waals surface area contributed by atoms with Gasteiger partial charge in [-0.05, 0) is 25.3 Å². The highest BCUT2D eigenvalue weighted by Gasteiger charge is 2.26. The van der Waals surface area contributed by atoms with Gasteiger partial charge in [0.2, 0.25) is 7.29 Å². The number of aryl methyl sites for hydroxylation is 1. The number of nitrogens with one attached hydrogen (secondary N) is 1. The molecule has 1 N–H and O–H groups in total. The fraction of sp³-hybridized carbons (Fsp3) is 0.115. The van der Waals surface area contributed by atoms with Crippen molar-refractivity contribution in [2.75, 3.05) is 0 Å². The molecule has 0 saturated carbocycles. The number of hydrogen-bond donors (Lipinski definition) is 1. The molecule has 1 heterocycles. The van der Waals surface area contributed by atoms with Gasteiger partial charge in [-0.2, -0.15) is 5.10 Å². The minimum absolute atomic E-state index is 0.565. The Labute approximate surface area is 183 Å². The van der Waals surface area contributed by atoms with Gasteiger partial charge >= 0.3 is 0 Å². The predicted octanol–water partition coefficient (Wildman–Crippen LogP) is 6.89. The molecule has 3 aromatic carbocycles. The van der Waals surface area contributed by atoms with Gasteiger partial charge in [0.05, 0.1) is 0 Å². The molecule has 0 bridgehead atoms. The van der Waals surface area contributed by atoms with Gasteiger partial charge < -0.3 is 4.74 Å². The van der Waals surface area contributed by atoms with E-state index in [4.69, 9.17) is 4.74 Å². The van der Waals surface area contributed by atoms with E-state index < -0.39 is 7.29 Å². The van der Waals surface area contributed by atoms with Gasteiger partial charge in [0.15, 0.2) is 0 Å². The second-order valence-corrected chi connectivity index (χ2v) is 9.60. The van der Waals surface area contributed by atoms with Gasteiger partial charge in [-0.15, -0.1) is 0 Å². The quantitative estimate of drug-likeness (QED) is 0.253. The van der Waals surface area contributed by atoms with E-state index in [1.807, 2.05) is 85.8 Å². The monoisotopic (exact) mass is 428 g/mol. The van der Waals surface area contributed by atoms with E-state index in [1.165, 1.54) is 5.56 Å². The van der Waals surface area contributed by atoms with Crippen LogP contribution >= 0.6 is 7.29 Å². The van der Waals surface area contributed by atoms with Crippen molar-refractivity contribution in [2.24, 2.45) is 5.10 Å². The first kappa shape index (κ1) is 20.9. The summed E-state index contributed by atoms with van der Waals surface area (Å²) in [6.45, 7) is 1.95. The molecule has 0 aliphatic carbocycles. The smallest absolute Gasteiger partial charge is 0.235 e. The van der Waals surface area contributed by atoms with Gasteiger partial charge in [-0.1, -0.05) is 91.0 Å². The number of rotatable bonds is 7. The zero-order chi connectivity index (χ0) is 21.5. The Balaban J connectivity index is 1.57. The van der Waals surface area contributed by atoms with E-state index in [9.17, 15) is 4.57 Å². The van der Waals surface area contributed by atoms with Crippen molar-refractivity contribution in [2.45, 2.75) is 19.8 Å². The Kier molecular flexibility index (Phi) is 6.49. The molecular weight excluding hydrogens is 403 g/mol. The summed E-state index contributed by atoms with van der Waals surface area (Å²) in [4.78, 5) is 0. The second-order valence-electron chi connectivity index (χ2n) is 7.46. The van der Waals surface area contributed by atoms with Crippen molar-refractivity contribution < 1.29 is 9.30 Å². The fourth-order valence-electron chi connectivity index (χ4n) is 3.28. The summed E-state index contributed by atoms with van der Waals surface area (Å²) >= 11 is 0. The third kappa shape index (κ3) is 5.62. The van der Waals surface area contributed by atoms with Crippen molar-refractivity contribution in [1.29, 1.82) is 0 Å². The highest BCUT2D eigenvalue weighted by Crippen LogP contribution is 2.53. The van der Waals surface area contributed by atoms with Gasteiger partial charge in [0.1, 0.15) is 11.5 Å². The van der Waals surface area contributed by atoms with Gasteiger partial charge in [-0.3, -0.25) is 9.76 Å². The highest BCUT2D eigenvalue weighted by molar-refractivity contribution is 7.68. The number of benzene rings is 3. The lowest BCUT2D eigenvalue weighted by molar-refractivity contribution is 0.468. The molecular formula is C26H25N2O2P. The molecule has 156 valence electrons. The van der Waals surface area contributed by atoms with E-state index in [0.29, 0.717) is 11.5 Å². The molecule has 0 amide bonds. The van der Waals surface area contributed by atoms with Crippen LogP contribution in [0.15, 0.2) is 108 Å². The average Bonchev–Trinajstić information content (AvgIpc) is 2.83. The first-order valence-corrected chi connectivity index (χ1v) is 12.1. The maximum atomic E-state index is 13.7. The van der Waals surface area contributed by atoms with E-state index in [2.05, 4.69) is 22.4 Å². The van der Waals surface area contributed by atoms with Crippen LogP contribution < -0.4 is 5.20 Å². The molecule has 0 saturated heterocycles. The zero-order valence-corrected chi connectivity index (χ0v) is 18.3. The molecule has 0 radical (unpaired) electrons. The van der Waals surface area contributed by atoms with Crippen LogP contribution in [-0.4, -0.2) is 5.71 Å². The normalized spacial score (nSPS) is 15.5. The second kappa shape index (κ2) is 9.63. The number of hydrogen-bond acceptors (Lipinski definition) is 3. The standard InChI is InChI=1S/C26H25N2O2P/c1-21(17-18-22-11-5-2-6-12-22)27-28-31(29)19-25(23-13-7-3-8-14-23)30-26(20-31)24-15-9-4-10-16-24/h2-16,19-20H,17-18H2,1H3,(H,28,29). The van der Waals surface area contributed by atoms with Crippen LogP contribution in [0.5, 0.6) is 0 Å². The third-order valence-corrected chi connectivity index (χ3v) is 6.62. The van der Waals surface area contributed by atoms with E-state index in [0.717, 1.165) is 29.7 Å². The van der Waals surface area contributed by atoms with Crippen LogP contribution in [0.3, 0.4) is 0 Å². The van der Waals surface area contributed by atoms with Crippen LogP contribution in [0.25, 0.3) is 11.5 Å². The molecule has 0 aromatic heterocycles. The van der Waals surface area contributed by atoms with Crippen molar-refractivity contribution >= 4 is 24.5 Å². The van der Waals surface area contributed by atoms with Gasteiger partial charge in [0, 0.05) is 28.5 Å². The summed E-state index contributed by atoms with van der Waals surface area (Å²) in [5.41, 5.74) is 3.90. The summed E-state index contributed by atoms with van der Waals surface area (Å²) in [7, 11) is -3.09. The Hall–Kier alpha value is -3.36. The van der Waals surface area contributed by atoms with E-state index in [-0.39, 0.29) is 0 Å². The predicted molar refractivity (Wildman–Crippen MR) is 129 cm³/mol. The molecule has 0 unspecified atom stereocenters. The SMILES string of the molecule is CC(CCc1ccccc1)=NNP1(=O)C=C(c2ccccc2)OC(c2ccccc2)=C1. The van der Waals surface area contributed by atoms with Crippen LogP contribution in [0, 0.1) is 0 Å². The fourth-order valence-corrected chi connectivity index (χ4v) is 4.89. The first-order chi connectivity index (χ1) is 15.1. The summed E-state index contributed by atoms with van der Waals surface area (Å²) in [5, 5.41) is 7.39. The van der Waals surface area contributed by atoms with Crippen molar-refractivity contribution in [3.63, 3.8) is 0 Å². The number of ether oxygens (including phenoxy) is 1. The topological polar surface area (TPSA) is 50.7 Å². The molecule has 1 aliphatic heterocycles. The maximum Gasteiger partial charge on any atom is 0.235 e. The van der Waals surface area contributed by atoms with Crippen molar-refractivity contribution in [1.82, 2.24) is 5.20 Å². The van der Waals surface area contributed by atoms with Crippen molar-refractivity contribution in [3.05, 3.63) is 119 Å². The summed E-state index contributed by atoms with van der Waals surface area (Å²) in [6.07, 6.45) is 1.68. The van der Waals surface area contributed by atoms with Gasteiger partial charge in [-0.25, -0.2) is 0 Å². The molecule has 0 atom stereocenters. The van der Waals surface area contributed by atoms with Crippen LogP contribution in [0.4, 0.5) is 0 Å². The number of hydrazone groups is 1. The summed E-state index contributed by atoms with van der Waals surface area (Å²) < 4.78 is 19.9. The summed E-state index contributed by atoms with van der Waals surface area (Å²) in [6, 6.07) is 29.7. The molecule has 4 nitrogen and oxygen atoms in total. The van der Waals surface area contributed by atoms with Crippen LogP contribution in [0.1, 0.15) is 30.0 Å². The Morgan fingerprint density at radius 3 is 1.81 bits per heavy atom. The minimum Gasteiger partial charge on any atom is -0.456 e. The average molecular weight is 428 g/mol. The minimum atomic E-state index is -3.09. The van der Waals surface area contributed by atoms with Gasteiger partial charge in [0.25, 0.3) is 0 Å². The largest absolute Gasteiger partial charge is 0.456 e. The highest BCUT2D eigenvalue weighted by atomic mass is 31.2. The molecule has 4 rings (SSSR count). The van der Waals surface area contributed by atoms with E-state index in [1.54, 1.807) is 11.6 Å². The molecule has 0 spiro atoms. The lowest BCUT2D eigenvalue weighted by Gasteiger charge is -2.22. The summed E-state index contributed by atoms with van der Waals surface area (Å²) in [5.74, 6) is 4.44. The van der Waals surface area contributed by atoms with Crippen molar-refractivity contribution in [3.8, 4) is 0 Å². The molecule has 1 aliphatic rings. The van der Waals surface area contributed by atoms with E-state index >= 15 is 0 Å². The Bertz CT molecular complexity index is 1090. The van der Waals surface area contributed by atoms with Crippen LogP contribution in [-0.2, 0) is 15.7 Å². The molecule has 3 aromatic rings. The molecule has 5 heteroatoms. The third-order valence-electron chi connectivity index (χ3n) is 4.97. The first-order valence-electron chi connectivity index (χ1n) is 10.3. The molecule has 0 fully saturated rings. The Morgan fingerprint density at radius 2 is 1.29 bits per heavy atom. The Morgan fingerprint density at radius 1 is 0.806 bits per heavy atom. The lowest BCUT2D eigenvalue weighted by Crippen LogP contribution is -2.08. The lowest BCUT2D eigenvalue weighted by atomic mass is 10.1.